The number of hydrogen-bond acceptors (Lipinski definition) is 5. The lowest BCUT2D eigenvalue weighted by atomic mass is 10.2. The van der Waals surface area contributed by atoms with Crippen LogP contribution in [-0.2, 0) is 12.8 Å². The highest BCUT2D eigenvalue weighted by Gasteiger charge is 2.14. The zero-order valence-electron chi connectivity index (χ0n) is 10.4. The molecular weight excluding hydrogens is 250 g/mol. The van der Waals surface area contributed by atoms with Crippen LogP contribution >= 0.6 is 22.7 Å². The molecule has 0 saturated carbocycles. The first-order valence-electron chi connectivity index (χ1n) is 5.90. The summed E-state index contributed by atoms with van der Waals surface area (Å²) >= 11 is 3.43. The number of nitrogens with zero attached hydrogens (tertiary/aromatic N) is 2. The first-order chi connectivity index (χ1) is 8.28. The third-order valence-electron chi connectivity index (χ3n) is 2.48. The molecule has 0 aliphatic rings. The number of aryl methyl sites for hydroxylation is 2. The molecule has 0 fully saturated rings. The molecule has 0 saturated heterocycles. The summed E-state index contributed by atoms with van der Waals surface area (Å²) < 4.78 is 0. The van der Waals surface area contributed by atoms with Gasteiger partial charge >= 0.3 is 0 Å². The maximum Gasteiger partial charge on any atom is 0.182 e. The van der Waals surface area contributed by atoms with Crippen LogP contribution < -0.4 is 5.32 Å². The summed E-state index contributed by atoms with van der Waals surface area (Å²) in [7, 11) is 1.90. The minimum Gasteiger partial charge on any atom is -0.365 e. The normalized spacial score (nSPS) is 10.8. The predicted octanol–water partition coefficient (Wildman–Crippen LogP) is 3.82. The zero-order valence-corrected chi connectivity index (χ0v) is 12.0. The van der Waals surface area contributed by atoms with Gasteiger partial charge in [0, 0.05) is 12.4 Å². The van der Waals surface area contributed by atoms with E-state index in [1.807, 2.05) is 7.05 Å². The fourth-order valence-corrected chi connectivity index (χ4v) is 3.40. The van der Waals surface area contributed by atoms with Gasteiger partial charge in [-0.2, -0.15) is 0 Å². The molecule has 0 spiro atoms. The largest absolute Gasteiger partial charge is 0.365 e. The zero-order chi connectivity index (χ0) is 12.3. The van der Waals surface area contributed by atoms with Crippen LogP contribution in [0.25, 0.3) is 10.6 Å². The lowest BCUT2D eigenvalue weighted by Crippen LogP contribution is -1.89. The second kappa shape index (κ2) is 5.60. The second-order valence-electron chi connectivity index (χ2n) is 3.77. The van der Waals surface area contributed by atoms with Gasteiger partial charge in [-0.15, -0.1) is 22.7 Å². The van der Waals surface area contributed by atoms with Gasteiger partial charge in [0.1, 0.15) is 0 Å². The average molecular weight is 267 g/mol. The van der Waals surface area contributed by atoms with E-state index in [2.05, 4.69) is 29.5 Å². The molecule has 2 aromatic rings. The van der Waals surface area contributed by atoms with Crippen LogP contribution in [0.3, 0.4) is 0 Å². The summed E-state index contributed by atoms with van der Waals surface area (Å²) in [5, 5.41) is 7.37. The van der Waals surface area contributed by atoms with Crippen molar-refractivity contribution in [1.29, 1.82) is 0 Å². The van der Waals surface area contributed by atoms with E-state index in [1.165, 1.54) is 15.6 Å². The molecule has 2 rings (SSSR count). The number of rotatable bonds is 5. The Labute approximate surface area is 110 Å². The monoisotopic (exact) mass is 267 g/mol. The van der Waals surface area contributed by atoms with Gasteiger partial charge in [0.05, 0.1) is 21.3 Å². The van der Waals surface area contributed by atoms with E-state index >= 15 is 0 Å². The number of aromatic nitrogens is 2. The SMILES string of the molecule is CCCc1nc(CC)sc1-c1csc(NC)n1. The Morgan fingerprint density at radius 1 is 1.29 bits per heavy atom. The molecule has 2 aromatic heterocycles. The fourth-order valence-electron chi connectivity index (χ4n) is 1.65. The molecule has 5 heteroatoms. The molecule has 0 aliphatic carbocycles. The number of hydrogen-bond donors (Lipinski definition) is 1. The molecule has 0 unspecified atom stereocenters. The standard InChI is InChI=1S/C12H17N3S2/c1-4-6-8-11(17-10(5-2)14-8)9-7-16-12(13-3)15-9/h7H,4-6H2,1-3H3,(H,13,15). The van der Waals surface area contributed by atoms with Crippen LogP contribution in [0, 0.1) is 0 Å². The van der Waals surface area contributed by atoms with Crippen molar-refractivity contribution in [2.45, 2.75) is 33.1 Å². The summed E-state index contributed by atoms with van der Waals surface area (Å²) in [4.78, 5) is 10.5. The lowest BCUT2D eigenvalue weighted by molar-refractivity contribution is 0.882. The van der Waals surface area contributed by atoms with Gasteiger partial charge in [-0.3, -0.25) is 0 Å². The molecule has 0 amide bonds. The van der Waals surface area contributed by atoms with Gasteiger partial charge in [0.2, 0.25) is 0 Å². The summed E-state index contributed by atoms with van der Waals surface area (Å²) in [6, 6.07) is 0. The van der Waals surface area contributed by atoms with Gasteiger partial charge in [-0.25, -0.2) is 9.97 Å². The van der Waals surface area contributed by atoms with Gasteiger partial charge in [0.25, 0.3) is 0 Å². The van der Waals surface area contributed by atoms with Crippen molar-refractivity contribution in [3.63, 3.8) is 0 Å². The van der Waals surface area contributed by atoms with Crippen LogP contribution in [0.15, 0.2) is 5.38 Å². The van der Waals surface area contributed by atoms with Crippen LogP contribution in [0.2, 0.25) is 0 Å². The predicted molar refractivity (Wildman–Crippen MR) is 76.1 cm³/mol. The highest BCUT2D eigenvalue weighted by molar-refractivity contribution is 7.16. The molecule has 0 aliphatic heterocycles. The minimum absolute atomic E-state index is 0.967. The Bertz CT molecular complexity index is 488. The van der Waals surface area contributed by atoms with E-state index in [9.17, 15) is 0 Å². The van der Waals surface area contributed by atoms with E-state index in [0.29, 0.717) is 0 Å². The number of thiazole rings is 2. The number of nitrogens with one attached hydrogen (secondary N) is 1. The van der Waals surface area contributed by atoms with Crippen LogP contribution in [-0.4, -0.2) is 17.0 Å². The molecule has 0 bridgehead atoms. The van der Waals surface area contributed by atoms with Crippen LogP contribution in [0.4, 0.5) is 5.13 Å². The van der Waals surface area contributed by atoms with E-state index < -0.39 is 0 Å². The molecule has 1 N–H and O–H groups in total. The average Bonchev–Trinajstić information content (AvgIpc) is 2.95. The summed E-state index contributed by atoms with van der Waals surface area (Å²) in [6.07, 6.45) is 3.17. The van der Waals surface area contributed by atoms with E-state index in [1.54, 1.807) is 22.7 Å². The first-order valence-corrected chi connectivity index (χ1v) is 7.60. The maximum atomic E-state index is 4.69. The van der Waals surface area contributed by atoms with Gasteiger partial charge in [0.15, 0.2) is 5.13 Å². The Kier molecular flexibility index (Phi) is 4.12. The lowest BCUT2D eigenvalue weighted by Gasteiger charge is -1.96. The second-order valence-corrected chi connectivity index (χ2v) is 5.72. The molecule has 92 valence electrons. The van der Waals surface area contributed by atoms with Crippen molar-refractivity contribution in [3.8, 4) is 10.6 Å². The van der Waals surface area contributed by atoms with Crippen molar-refractivity contribution >= 4 is 27.8 Å². The molecule has 3 nitrogen and oxygen atoms in total. The highest BCUT2D eigenvalue weighted by Crippen LogP contribution is 2.33. The van der Waals surface area contributed by atoms with Crippen molar-refractivity contribution in [2.75, 3.05) is 12.4 Å². The van der Waals surface area contributed by atoms with Crippen LogP contribution in [0.1, 0.15) is 31.0 Å². The third kappa shape index (κ3) is 2.66. The quantitative estimate of drug-likeness (QED) is 0.895. The van der Waals surface area contributed by atoms with Gasteiger partial charge < -0.3 is 5.32 Å². The summed E-state index contributed by atoms with van der Waals surface area (Å²) in [6.45, 7) is 4.34. The molecule has 0 radical (unpaired) electrons. The van der Waals surface area contributed by atoms with Crippen molar-refractivity contribution in [1.82, 2.24) is 9.97 Å². The molecule has 17 heavy (non-hydrogen) atoms. The molecule has 0 aromatic carbocycles. The van der Waals surface area contributed by atoms with E-state index in [-0.39, 0.29) is 0 Å². The maximum absolute atomic E-state index is 4.69. The molecular formula is C12H17N3S2. The smallest absolute Gasteiger partial charge is 0.182 e. The summed E-state index contributed by atoms with van der Waals surface area (Å²) in [5.74, 6) is 0. The Morgan fingerprint density at radius 3 is 2.71 bits per heavy atom. The topological polar surface area (TPSA) is 37.8 Å². The number of anilines is 1. The van der Waals surface area contributed by atoms with Crippen molar-refractivity contribution in [3.05, 3.63) is 16.1 Å². The Balaban J connectivity index is 2.38. The van der Waals surface area contributed by atoms with Crippen molar-refractivity contribution < 1.29 is 0 Å². The third-order valence-corrected chi connectivity index (χ3v) is 4.61. The summed E-state index contributed by atoms with van der Waals surface area (Å²) in [5.41, 5.74) is 2.28. The Hall–Kier alpha value is -0.940. The van der Waals surface area contributed by atoms with Crippen molar-refractivity contribution in [2.24, 2.45) is 0 Å². The van der Waals surface area contributed by atoms with Crippen LogP contribution in [0.5, 0.6) is 0 Å². The first kappa shape index (κ1) is 12.5. The Morgan fingerprint density at radius 2 is 2.12 bits per heavy atom. The van der Waals surface area contributed by atoms with Gasteiger partial charge in [-0.05, 0) is 12.8 Å². The fraction of sp³-hybridized carbons (Fsp3) is 0.500. The minimum atomic E-state index is 0.967. The molecule has 0 atom stereocenters. The van der Waals surface area contributed by atoms with E-state index in [0.717, 1.165) is 30.1 Å². The van der Waals surface area contributed by atoms with Gasteiger partial charge in [-0.1, -0.05) is 20.3 Å². The highest BCUT2D eigenvalue weighted by atomic mass is 32.1. The van der Waals surface area contributed by atoms with E-state index in [4.69, 9.17) is 4.98 Å². The molecule has 2 heterocycles.